The normalized spacial score (nSPS) is 13.5. The Labute approximate surface area is 210 Å². The molecule has 200 valence electrons. The van der Waals surface area contributed by atoms with Gasteiger partial charge < -0.3 is 10.3 Å². The SMILES string of the molecule is CCCCCCCCCCCCCCCCCCC(CCCCCCCCCCC)[NH+](C)[O-]. The van der Waals surface area contributed by atoms with Gasteiger partial charge >= 0.3 is 0 Å². The molecular weight excluding hydrogens is 402 g/mol. The lowest BCUT2D eigenvalue weighted by Gasteiger charge is -2.28. The zero-order valence-corrected chi connectivity index (χ0v) is 23.6. The summed E-state index contributed by atoms with van der Waals surface area (Å²) in [6, 6.07) is 0.348. The predicted molar refractivity (Wildman–Crippen MR) is 150 cm³/mol. The van der Waals surface area contributed by atoms with E-state index in [4.69, 9.17) is 0 Å². The van der Waals surface area contributed by atoms with Gasteiger partial charge in [0.05, 0.1) is 13.1 Å². The van der Waals surface area contributed by atoms with E-state index in [0.717, 1.165) is 12.8 Å². The third-order valence-corrected chi connectivity index (χ3v) is 7.64. The van der Waals surface area contributed by atoms with Crippen LogP contribution in [-0.4, -0.2) is 13.1 Å². The average Bonchev–Trinajstić information content (AvgIpc) is 2.81. The zero-order valence-electron chi connectivity index (χ0n) is 23.6. The Balaban J connectivity index is 3.37. The third kappa shape index (κ3) is 26.4. The van der Waals surface area contributed by atoms with E-state index >= 15 is 0 Å². The fourth-order valence-corrected chi connectivity index (χ4v) is 5.19. The molecule has 0 aliphatic carbocycles. The molecule has 0 aromatic rings. The molecule has 33 heavy (non-hydrogen) atoms. The summed E-state index contributed by atoms with van der Waals surface area (Å²) in [6.45, 7) is 4.58. The van der Waals surface area contributed by atoms with Crippen LogP contribution in [0.15, 0.2) is 0 Å². The second kappa shape index (κ2) is 28.2. The number of quaternary nitrogens is 1. The monoisotopic (exact) mass is 468 g/mol. The van der Waals surface area contributed by atoms with Crippen molar-refractivity contribution >= 4 is 0 Å². The second-order valence-electron chi connectivity index (χ2n) is 11.0. The van der Waals surface area contributed by atoms with Crippen LogP contribution in [0, 0.1) is 5.21 Å². The van der Waals surface area contributed by atoms with Gasteiger partial charge in [0, 0.05) is 0 Å². The van der Waals surface area contributed by atoms with Crippen LogP contribution in [0.3, 0.4) is 0 Å². The Morgan fingerprint density at radius 1 is 0.394 bits per heavy atom. The summed E-state index contributed by atoms with van der Waals surface area (Å²) in [5.74, 6) is 0. The highest BCUT2D eigenvalue weighted by atomic mass is 16.5. The maximum atomic E-state index is 12.0. The molecule has 2 unspecified atom stereocenters. The molecule has 0 spiro atoms. The number of hydrogen-bond acceptors (Lipinski definition) is 1. The van der Waals surface area contributed by atoms with Crippen molar-refractivity contribution in [3.63, 3.8) is 0 Å². The molecule has 0 aromatic heterocycles. The molecule has 0 radical (unpaired) electrons. The molecule has 2 atom stereocenters. The minimum Gasteiger partial charge on any atom is -0.634 e. The molecule has 1 N–H and O–H groups in total. The van der Waals surface area contributed by atoms with E-state index in [-0.39, 0.29) is 0 Å². The maximum absolute atomic E-state index is 12.0. The van der Waals surface area contributed by atoms with E-state index in [2.05, 4.69) is 13.8 Å². The van der Waals surface area contributed by atoms with Crippen molar-refractivity contribution in [2.75, 3.05) is 7.05 Å². The molecule has 0 fully saturated rings. The summed E-state index contributed by atoms with van der Waals surface area (Å²) < 4.78 is 0. The van der Waals surface area contributed by atoms with Crippen LogP contribution in [-0.2, 0) is 0 Å². The van der Waals surface area contributed by atoms with Gasteiger partial charge in [-0.1, -0.05) is 162 Å². The van der Waals surface area contributed by atoms with Crippen LogP contribution >= 0.6 is 0 Å². The minimum atomic E-state index is 0.348. The molecule has 2 nitrogen and oxygen atoms in total. The van der Waals surface area contributed by atoms with Crippen molar-refractivity contribution in [2.45, 2.75) is 193 Å². The molecular formula is C31H65NO. The van der Waals surface area contributed by atoms with Gasteiger partial charge in [0.1, 0.15) is 0 Å². The van der Waals surface area contributed by atoms with Gasteiger partial charge in [-0.2, -0.15) is 0 Å². The number of hydrogen-bond donors (Lipinski definition) is 1. The largest absolute Gasteiger partial charge is 0.634 e. The number of nitrogens with one attached hydrogen (secondary N) is 1. The zero-order chi connectivity index (χ0) is 24.2. The number of rotatable bonds is 28. The quantitative estimate of drug-likeness (QED) is 0.0899. The molecule has 0 aliphatic rings. The van der Waals surface area contributed by atoms with Crippen LogP contribution in [0.2, 0.25) is 0 Å². The summed E-state index contributed by atoms with van der Waals surface area (Å²) in [5, 5.41) is 12.4. The van der Waals surface area contributed by atoms with E-state index in [0.29, 0.717) is 11.1 Å². The first-order chi connectivity index (χ1) is 16.2. The Hall–Kier alpha value is -0.0800. The molecule has 0 aromatic carbocycles. The van der Waals surface area contributed by atoms with Crippen molar-refractivity contribution in [3.05, 3.63) is 5.21 Å². The second-order valence-corrected chi connectivity index (χ2v) is 11.0. The predicted octanol–water partition coefficient (Wildman–Crippen LogP) is 9.94. The van der Waals surface area contributed by atoms with Gasteiger partial charge in [-0.25, -0.2) is 0 Å². The lowest BCUT2D eigenvalue weighted by molar-refractivity contribution is -0.855. The summed E-state index contributed by atoms with van der Waals surface area (Å²) in [7, 11) is 1.82. The van der Waals surface area contributed by atoms with E-state index in [9.17, 15) is 5.21 Å². The Bertz CT molecular complexity index is 344. The van der Waals surface area contributed by atoms with Crippen molar-refractivity contribution in [2.24, 2.45) is 0 Å². The summed E-state index contributed by atoms with van der Waals surface area (Å²) in [6.07, 6.45) is 37.3. The van der Waals surface area contributed by atoms with Crippen LogP contribution in [0.25, 0.3) is 0 Å². The standard InChI is InChI=1S/C31H65NO/c1-4-6-8-10-12-14-15-16-17-18-19-20-22-24-26-28-30-31(32(3)33)29-27-25-23-21-13-11-9-7-5-2/h31-32H,4-30H2,1-3H3. The highest BCUT2D eigenvalue weighted by Gasteiger charge is 2.11. The van der Waals surface area contributed by atoms with Crippen molar-refractivity contribution in [1.29, 1.82) is 0 Å². The van der Waals surface area contributed by atoms with E-state index in [1.165, 1.54) is 161 Å². The lowest BCUT2D eigenvalue weighted by atomic mass is 9.99. The van der Waals surface area contributed by atoms with Gasteiger partial charge in [-0.3, -0.25) is 0 Å². The van der Waals surface area contributed by atoms with E-state index in [1.54, 1.807) is 0 Å². The summed E-state index contributed by atoms with van der Waals surface area (Å²) in [4.78, 5) is 0. The van der Waals surface area contributed by atoms with Gasteiger partial charge in [-0.15, -0.1) is 0 Å². The molecule has 2 heteroatoms. The van der Waals surface area contributed by atoms with Gasteiger partial charge in [0.25, 0.3) is 0 Å². The first kappa shape index (κ1) is 32.9. The van der Waals surface area contributed by atoms with Crippen molar-refractivity contribution < 1.29 is 5.06 Å². The molecule has 0 aliphatic heterocycles. The molecule has 0 rings (SSSR count). The van der Waals surface area contributed by atoms with Crippen LogP contribution in [0.4, 0.5) is 0 Å². The highest BCUT2D eigenvalue weighted by molar-refractivity contribution is 4.59. The molecule has 0 bridgehead atoms. The molecule has 0 heterocycles. The average molecular weight is 468 g/mol. The smallest absolute Gasteiger partial charge is 0.0869 e. The Morgan fingerprint density at radius 3 is 0.818 bits per heavy atom. The van der Waals surface area contributed by atoms with Crippen LogP contribution in [0.5, 0.6) is 0 Å². The van der Waals surface area contributed by atoms with Crippen LogP contribution < -0.4 is 5.06 Å². The summed E-state index contributed by atoms with van der Waals surface area (Å²) in [5.41, 5.74) is 0. The van der Waals surface area contributed by atoms with E-state index in [1.807, 2.05) is 7.05 Å². The third-order valence-electron chi connectivity index (χ3n) is 7.64. The van der Waals surface area contributed by atoms with Gasteiger partial charge in [-0.05, 0) is 25.7 Å². The fourth-order valence-electron chi connectivity index (χ4n) is 5.19. The Morgan fingerprint density at radius 2 is 0.606 bits per heavy atom. The van der Waals surface area contributed by atoms with Crippen molar-refractivity contribution in [3.8, 4) is 0 Å². The highest BCUT2D eigenvalue weighted by Crippen LogP contribution is 2.16. The molecule has 0 saturated carbocycles. The first-order valence-corrected chi connectivity index (χ1v) is 15.7. The topological polar surface area (TPSA) is 27.5 Å². The number of hydroxylamine groups is 2. The van der Waals surface area contributed by atoms with Crippen LogP contribution in [0.1, 0.15) is 187 Å². The van der Waals surface area contributed by atoms with E-state index < -0.39 is 0 Å². The molecule has 0 amide bonds. The minimum absolute atomic E-state index is 0.348. The molecule has 0 saturated heterocycles. The lowest BCUT2D eigenvalue weighted by Crippen LogP contribution is -3.08. The fraction of sp³-hybridized carbons (Fsp3) is 1.00. The Kier molecular flexibility index (Phi) is 28.1. The van der Waals surface area contributed by atoms with Crippen molar-refractivity contribution in [1.82, 2.24) is 0 Å². The summed E-state index contributed by atoms with van der Waals surface area (Å²) >= 11 is 0. The van der Waals surface area contributed by atoms with Gasteiger partial charge in [0.2, 0.25) is 0 Å². The number of unbranched alkanes of at least 4 members (excludes halogenated alkanes) is 23. The maximum Gasteiger partial charge on any atom is 0.0869 e. The first-order valence-electron chi connectivity index (χ1n) is 15.7. The van der Waals surface area contributed by atoms with Gasteiger partial charge in [0.15, 0.2) is 0 Å².